The average molecular weight is 261 g/mol. The fourth-order valence-corrected chi connectivity index (χ4v) is 2.86. The average Bonchev–Trinajstić information content (AvgIpc) is 2.85. The topological polar surface area (TPSA) is 30.3 Å². The zero-order chi connectivity index (χ0) is 13.8. The molecule has 0 aliphatic carbocycles. The first-order valence-electron chi connectivity index (χ1n) is 6.80. The Bertz CT molecular complexity index is 481. The number of halogens is 1. The highest BCUT2D eigenvalue weighted by molar-refractivity contribution is 5.59. The molecule has 1 aliphatic rings. The van der Waals surface area contributed by atoms with Crippen molar-refractivity contribution < 1.29 is 4.39 Å². The van der Waals surface area contributed by atoms with Crippen LogP contribution in [-0.4, -0.2) is 37.6 Å². The van der Waals surface area contributed by atoms with Crippen LogP contribution in [0.2, 0.25) is 0 Å². The minimum Gasteiger partial charge on any atom is -0.372 e. The van der Waals surface area contributed by atoms with Crippen LogP contribution in [0.3, 0.4) is 0 Å². The first-order valence-corrected chi connectivity index (χ1v) is 6.80. The third kappa shape index (κ3) is 3.05. The molecule has 1 heterocycles. The largest absolute Gasteiger partial charge is 0.372 e. The summed E-state index contributed by atoms with van der Waals surface area (Å²) < 4.78 is 13.1. The fourth-order valence-electron chi connectivity index (χ4n) is 2.86. The van der Waals surface area contributed by atoms with Gasteiger partial charge in [-0.2, -0.15) is 5.26 Å². The molecule has 3 nitrogen and oxygen atoms in total. The number of hydrogen-bond acceptors (Lipinski definition) is 3. The van der Waals surface area contributed by atoms with Crippen molar-refractivity contribution in [2.24, 2.45) is 0 Å². The van der Waals surface area contributed by atoms with E-state index < -0.39 is 0 Å². The monoisotopic (exact) mass is 261 g/mol. The summed E-state index contributed by atoms with van der Waals surface area (Å²) in [7, 11) is 1.97. The molecule has 1 unspecified atom stereocenters. The molecule has 0 N–H and O–H groups in total. The van der Waals surface area contributed by atoms with E-state index in [0.717, 1.165) is 25.3 Å². The van der Waals surface area contributed by atoms with Gasteiger partial charge >= 0.3 is 0 Å². The molecule has 0 radical (unpaired) electrons. The van der Waals surface area contributed by atoms with Gasteiger partial charge in [0.15, 0.2) is 0 Å². The third-order valence-electron chi connectivity index (χ3n) is 3.88. The van der Waals surface area contributed by atoms with Gasteiger partial charge in [0.1, 0.15) is 11.9 Å². The zero-order valence-corrected chi connectivity index (χ0v) is 11.6. The summed E-state index contributed by atoms with van der Waals surface area (Å²) >= 11 is 0. The van der Waals surface area contributed by atoms with Crippen LogP contribution in [-0.2, 0) is 0 Å². The molecule has 102 valence electrons. The van der Waals surface area contributed by atoms with Gasteiger partial charge in [0.2, 0.25) is 0 Å². The van der Waals surface area contributed by atoms with E-state index >= 15 is 0 Å². The maximum absolute atomic E-state index is 13.1. The van der Waals surface area contributed by atoms with Gasteiger partial charge in [-0.05, 0) is 44.1 Å². The van der Waals surface area contributed by atoms with Crippen molar-refractivity contribution in [3.8, 4) is 6.07 Å². The molecule has 4 heteroatoms. The highest BCUT2D eigenvalue weighted by atomic mass is 19.1. The van der Waals surface area contributed by atoms with E-state index in [1.165, 1.54) is 25.0 Å². The number of nitriles is 1. The highest BCUT2D eigenvalue weighted by Crippen LogP contribution is 2.23. The maximum atomic E-state index is 13.1. The van der Waals surface area contributed by atoms with Gasteiger partial charge in [0.05, 0.1) is 11.3 Å². The van der Waals surface area contributed by atoms with Gasteiger partial charge in [-0.25, -0.2) is 4.39 Å². The van der Waals surface area contributed by atoms with Crippen LogP contribution in [0, 0.1) is 17.1 Å². The normalized spacial score (nSPS) is 19.4. The molecule has 19 heavy (non-hydrogen) atoms. The van der Waals surface area contributed by atoms with Crippen LogP contribution >= 0.6 is 0 Å². The summed E-state index contributed by atoms with van der Waals surface area (Å²) in [6.07, 6.45) is 2.43. The van der Waals surface area contributed by atoms with E-state index in [-0.39, 0.29) is 5.82 Å². The van der Waals surface area contributed by atoms with E-state index in [2.05, 4.69) is 22.8 Å². The summed E-state index contributed by atoms with van der Waals surface area (Å²) in [5.41, 5.74) is 1.22. The Balaban J connectivity index is 2.12. The lowest BCUT2D eigenvalue weighted by Crippen LogP contribution is -2.39. The molecule has 0 spiro atoms. The quantitative estimate of drug-likeness (QED) is 0.834. The van der Waals surface area contributed by atoms with Crippen LogP contribution in [0.15, 0.2) is 18.2 Å². The van der Waals surface area contributed by atoms with Gasteiger partial charge in [0, 0.05) is 19.6 Å². The van der Waals surface area contributed by atoms with Crippen molar-refractivity contribution >= 4 is 5.69 Å². The van der Waals surface area contributed by atoms with Gasteiger partial charge in [0.25, 0.3) is 0 Å². The van der Waals surface area contributed by atoms with Crippen molar-refractivity contribution in [3.05, 3.63) is 29.6 Å². The Morgan fingerprint density at radius 1 is 1.53 bits per heavy atom. The summed E-state index contributed by atoms with van der Waals surface area (Å²) in [6, 6.07) is 7.02. The predicted octanol–water partition coefficient (Wildman–Crippen LogP) is 2.62. The van der Waals surface area contributed by atoms with Gasteiger partial charge in [-0.1, -0.05) is 6.92 Å². The van der Waals surface area contributed by atoms with Gasteiger partial charge in [-0.15, -0.1) is 0 Å². The van der Waals surface area contributed by atoms with E-state index in [4.69, 9.17) is 5.26 Å². The van der Waals surface area contributed by atoms with Crippen LogP contribution in [0.5, 0.6) is 0 Å². The molecule has 1 atom stereocenters. The number of anilines is 1. The third-order valence-corrected chi connectivity index (χ3v) is 3.88. The molecular weight excluding hydrogens is 241 g/mol. The number of nitrogens with zero attached hydrogens (tertiary/aromatic N) is 3. The van der Waals surface area contributed by atoms with Crippen molar-refractivity contribution in [1.29, 1.82) is 5.26 Å². The van der Waals surface area contributed by atoms with Crippen molar-refractivity contribution in [3.63, 3.8) is 0 Å². The predicted molar refractivity (Wildman–Crippen MR) is 74.7 cm³/mol. The SMILES string of the molecule is CCN1CCCC1CN(C)c1ccc(F)cc1C#N. The molecule has 0 bridgehead atoms. The lowest BCUT2D eigenvalue weighted by molar-refractivity contribution is 0.270. The number of likely N-dealkylation sites (N-methyl/N-ethyl adjacent to an activating group) is 2. The second-order valence-corrected chi connectivity index (χ2v) is 5.08. The van der Waals surface area contributed by atoms with E-state index in [1.54, 1.807) is 6.07 Å². The van der Waals surface area contributed by atoms with Crippen LogP contribution in [0.25, 0.3) is 0 Å². The number of benzene rings is 1. The van der Waals surface area contributed by atoms with Crippen molar-refractivity contribution in [2.45, 2.75) is 25.8 Å². The standard InChI is InChI=1S/C15H20FN3/c1-3-19-8-4-5-14(19)11-18(2)15-7-6-13(16)9-12(15)10-17/h6-7,9,14H,3-5,8,11H2,1-2H3. The minimum atomic E-state index is -0.357. The zero-order valence-electron chi connectivity index (χ0n) is 11.6. The summed E-state index contributed by atoms with van der Waals surface area (Å²) in [6.45, 7) is 5.28. The molecule has 1 saturated heterocycles. The van der Waals surface area contributed by atoms with E-state index in [1.807, 2.05) is 7.05 Å². The van der Waals surface area contributed by atoms with E-state index in [0.29, 0.717) is 11.6 Å². The van der Waals surface area contributed by atoms with Crippen molar-refractivity contribution in [1.82, 2.24) is 4.90 Å². The molecule has 0 aromatic heterocycles. The van der Waals surface area contributed by atoms with Crippen molar-refractivity contribution in [2.75, 3.05) is 31.6 Å². The molecule has 1 aliphatic heterocycles. The molecule has 1 aromatic carbocycles. The molecule has 2 rings (SSSR count). The van der Waals surface area contributed by atoms with Gasteiger partial charge < -0.3 is 4.90 Å². The highest BCUT2D eigenvalue weighted by Gasteiger charge is 2.24. The Labute approximate surface area is 114 Å². The Hall–Kier alpha value is -1.60. The Morgan fingerprint density at radius 2 is 2.32 bits per heavy atom. The molecule has 1 fully saturated rings. The second-order valence-electron chi connectivity index (χ2n) is 5.08. The fraction of sp³-hybridized carbons (Fsp3) is 0.533. The number of hydrogen-bond donors (Lipinski definition) is 0. The maximum Gasteiger partial charge on any atom is 0.124 e. The molecule has 1 aromatic rings. The second kappa shape index (κ2) is 6.03. The minimum absolute atomic E-state index is 0.357. The summed E-state index contributed by atoms with van der Waals surface area (Å²) in [4.78, 5) is 4.53. The van der Waals surface area contributed by atoms with Crippen LogP contribution < -0.4 is 4.90 Å². The smallest absolute Gasteiger partial charge is 0.124 e. The Kier molecular flexibility index (Phi) is 4.39. The van der Waals surface area contributed by atoms with Crippen LogP contribution in [0.4, 0.5) is 10.1 Å². The molecule has 0 saturated carbocycles. The number of likely N-dealkylation sites (tertiary alicyclic amines) is 1. The Morgan fingerprint density at radius 3 is 3.00 bits per heavy atom. The first-order chi connectivity index (χ1) is 9.15. The van der Waals surface area contributed by atoms with Crippen LogP contribution in [0.1, 0.15) is 25.3 Å². The number of rotatable bonds is 4. The molecule has 0 amide bonds. The first kappa shape index (κ1) is 13.8. The van der Waals surface area contributed by atoms with Gasteiger partial charge in [-0.3, -0.25) is 4.90 Å². The lowest BCUT2D eigenvalue weighted by Gasteiger charge is -2.29. The summed E-state index contributed by atoms with van der Waals surface area (Å²) in [5, 5.41) is 9.10. The lowest BCUT2D eigenvalue weighted by atomic mass is 10.1. The summed E-state index contributed by atoms with van der Waals surface area (Å²) in [5.74, 6) is -0.357. The van der Waals surface area contributed by atoms with E-state index in [9.17, 15) is 4.39 Å². The molecular formula is C15H20FN3.